The van der Waals surface area contributed by atoms with Crippen LogP contribution in [0, 0.1) is 13.8 Å². The second kappa shape index (κ2) is 6.07. The highest BCUT2D eigenvalue weighted by Gasteiger charge is 2.30. The molecule has 1 aromatic rings. The quantitative estimate of drug-likeness (QED) is 0.901. The van der Waals surface area contributed by atoms with Gasteiger partial charge >= 0.3 is 0 Å². The summed E-state index contributed by atoms with van der Waals surface area (Å²) in [6.07, 6.45) is 2.72. The molecular weight excluding hydrogens is 252 g/mol. The lowest BCUT2D eigenvalue weighted by Gasteiger charge is -2.33. The maximum absolute atomic E-state index is 12.4. The third kappa shape index (κ3) is 3.38. The van der Waals surface area contributed by atoms with Crippen LogP contribution in [0.4, 0.5) is 5.69 Å². The first-order valence-corrected chi connectivity index (χ1v) is 7.14. The first-order chi connectivity index (χ1) is 9.47. The van der Waals surface area contributed by atoms with E-state index >= 15 is 0 Å². The smallest absolute Gasteiger partial charge is 0.247 e. The van der Waals surface area contributed by atoms with Crippen LogP contribution < -0.4 is 5.32 Å². The minimum Gasteiger partial charge on any atom is -0.331 e. The summed E-state index contributed by atoms with van der Waals surface area (Å²) in [4.78, 5) is 25.7. The lowest BCUT2D eigenvalue weighted by atomic mass is 10.0. The highest BCUT2D eigenvalue weighted by Crippen LogP contribution is 2.20. The summed E-state index contributed by atoms with van der Waals surface area (Å²) in [5.41, 5.74) is 3.04. The van der Waals surface area contributed by atoms with E-state index in [2.05, 4.69) is 11.4 Å². The molecule has 1 atom stereocenters. The number of benzene rings is 1. The minimum absolute atomic E-state index is 0.0229. The Balaban J connectivity index is 2.11. The molecule has 0 radical (unpaired) electrons. The Bertz CT molecular complexity index is 505. The van der Waals surface area contributed by atoms with Gasteiger partial charge in [0.1, 0.15) is 6.04 Å². The molecule has 1 fully saturated rings. The van der Waals surface area contributed by atoms with Gasteiger partial charge in [0.2, 0.25) is 11.8 Å². The Hall–Kier alpha value is -1.84. The molecule has 1 aliphatic rings. The number of anilines is 1. The van der Waals surface area contributed by atoms with Gasteiger partial charge < -0.3 is 10.2 Å². The molecular formula is C16H22N2O2. The maximum Gasteiger partial charge on any atom is 0.247 e. The number of carbonyl (C=O) groups excluding carboxylic acids is 2. The fourth-order valence-electron chi connectivity index (χ4n) is 2.85. The van der Waals surface area contributed by atoms with Crippen molar-refractivity contribution in [3.8, 4) is 0 Å². The second-order valence-corrected chi connectivity index (χ2v) is 5.59. The van der Waals surface area contributed by atoms with Crippen molar-refractivity contribution in [3.05, 3.63) is 29.3 Å². The molecule has 20 heavy (non-hydrogen) atoms. The zero-order chi connectivity index (χ0) is 14.7. The summed E-state index contributed by atoms with van der Waals surface area (Å²) in [5.74, 6) is -0.102. The highest BCUT2D eigenvalue weighted by molar-refractivity contribution is 5.97. The monoisotopic (exact) mass is 274 g/mol. The van der Waals surface area contributed by atoms with Crippen molar-refractivity contribution < 1.29 is 9.59 Å². The average Bonchev–Trinajstić information content (AvgIpc) is 2.37. The van der Waals surface area contributed by atoms with E-state index in [1.165, 1.54) is 6.92 Å². The molecule has 0 bridgehead atoms. The largest absolute Gasteiger partial charge is 0.331 e. The van der Waals surface area contributed by atoms with Gasteiger partial charge in [0.25, 0.3) is 0 Å². The lowest BCUT2D eigenvalue weighted by molar-refractivity contribution is -0.138. The van der Waals surface area contributed by atoms with Crippen molar-refractivity contribution in [1.82, 2.24) is 4.90 Å². The number of likely N-dealkylation sites (tertiary alicyclic amines) is 1. The summed E-state index contributed by atoms with van der Waals surface area (Å²) in [5, 5.41) is 2.95. The Morgan fingerprint density at radius 2 is 1.80 bits per heavy atom. The lowest BCUT2D eigenvalue weighted by Crippen LogP contribution is -2.49. The standard InChI is InChI=1S/C16H22N2O2/c1-11-8-12(2)10-14(9-11)17-16(20)15-6-4-5-7-18(15)13(3)19/h8-10,15H,4-7H2,1-3H3,(H,17,20). The van der Waals surface area contributed by atoms with Crippen molar-refractivity contribution in [2.45, 2.75) is 46.1 Å². The first-order valence-electron chi connectivity index (χ1n) is 7.14. The highest BCUT2D eigenvalue weighted by atomic mass is 16.2. The van der Waals surface area contributed by atoms with Crippen LogP contribution in [0.15, 0.2) is 18.2 Å². The van der Waals surface area contributed by atoms with E-state index in [0.717, 1.165) is 36.1 Å². The average molecular weight is 274 g/mol. The van der Waals surface area contributed by atoms with Gasteiger partial charge in [0, 0.05) is 19.2 Å². The first kappa shape index (κ1) is 14.6. The molecule has 108 valence electrons. The Morgan fingerprint density at radius 3 is 2.40 bits per heavy atom. The number of hydrogen-bond acceptors (Lipinski definition) is 2. The molecule has 1 unspecified atom stereocenters. The number of rotatable bonds is 2. The molecule has 0 aromatic heterocycles. The fraction of sp³-hybridized carbons (Fsp3) is 0.500. The number of nitrogens with one attached hydrogen (secondary N) is 1. The SMILES string of the molecule is CC(=O)N1CCCCC1C(=O)Nc1cc(C)cc(C)c1. The maximum atomic E-state index is 12.4. The van der Waals surface area contributed by atoms with E-state index in [1.54, 1.807) is 4.90 Å². The number of nitrogens with zero attached hydrogens (tertiary/aromatic N) is 1. The molecule has 1 saturated heterocycles. The van der Waals surface area contributed by atoms with Gasteiger partial charge in [0.15, 0.2) is 0 Å². The summed E-state index contributed by atoms with van der Waals surface area (Å²) >= 11 is 0. The molecule has 0 saturated carbocycles. The van der Waals surface area contributed by atoms with Gasteiger partial charge in [-0.1, -0.05) is 6.07 Å². The van der Waals surface area contributed by atoms with E-state index in [9.17, 15) is 9.59 Å². The van der Waals surface area contributed by atoms with Crippen LogP contribution >= 0.6 is 0 Å². The summed E-state index contributed by atoms with van der Waals surface area (Å²) in [6.45, 7) is 6.22. The van der Waals surface area contributed by atoms with Gasteiger partial charge in [-0.25, -0.2) is 0 Å². The zero-order valence-corrected chi connectivity index (χ0v) is 12.4. The van der Waals surface area contributed by atoms with E-state index < -0.39 is 0 Å². The van der Waals surface area contributed by atoms with Crippen LogP contribution in [0.3, 0.4) is 0 Å². The molecule has 1 aliphatic heterocycles. The van der Waals surface area contributed by atoms with Crippen LogP contribution in [0.5, 0.6) is 0 Å². The predicted octanol–water partition coefficient (Wildman–Crippen LogP) is 2.64. The number of carbonyl (C=O) groups is 2. The second-order valence-electron chi connectivity index (χ2n) is 5.59. The number of hydrogen-bond donors (Lipinski definition) is 1. The molecule has 0 spiro atoms. The molecule has 1 N–H and O–H groups in total. The van der Waals surface area contributed by atoms with Crippen molar-refractivity contribution in [2.24, 2.45) is 0 Å². The molecule has 1 heterocycles. The van der Waals surface area contributed by atoms with Crippen molar-refractivity contribution in [3.63, 3.8) is 0 Å². The van der Waals surface area contributed by atoms with Crippen LogP contribution in [0.25, 0.3) is 0 Å². The molecule has 0 aliphatic carbocycles. The minimum atomic E-state index is -0.331. The number of aryl methyl sites for hydroxylation is 2. The summed E-state index contributed by atoms with van der Waals surface area (Å²) in [6, 6.07) is 5.64. The van der Waals surface area contributed by atoms with E-state index in [4.69, 9.17) is 0 Å². The summed E-state index contributed by atoms with van der Waals surface area (Å²) < 4.78 is 0. The van der Waals surface area contributed by atoms with Crippen molar-refractivity contribution in [1.29, 1.82) is 0 Å². The van der Waals surface area contributed by atoms with E-state index in [-0.39, 0.29) is 17.9 Å². The van der Waals surface area contributed by atoms with Gasteiger partial charge in [-0.3, -0.25) is 9.59 Å². The number of piperidine rings is 1. The van der Waals surface area contributed by atoms with Crippen LogP contribution in [0.1, 0.15) is 37.3 Å². The third-order valence-corrected chi connectivity index (χ3v) is 3.70. The fourth-order valence-corrected chi connectivity index (χ4v) is 2.85. The van der Waals surface area contributed by atoms with E-state index in [1.807, 2.05) is 26.0 Å². The van der Waals surface area contributed by atoms with Crippen LogP contribution in [-0.2, 0) is 9.59 Å². The molecule has 2 rings (SSSR count). The Labute approximate surface area is 120 Å². The van der Waals surface area contributed by atoms with E-state index in [0.29, 0.717) is 6.54 Å². The van der Waals surface area contributed by atoms with Gasteiger partial charge in [-0.2, -0.15) is 0 Å². The Morgan fingerprint density at radius 1 is 1.15 bits per heavy atom. The molecule has 4 nitrogen and oxygen atoms in total. The molecule has 4 heteroatoms. The van der Waals surface area contributed by atoms with Crippen LogP contribution in [0.2, 0.25) is 0 Å². The van der Waals surface area contributed by atoms with Crippen molar-refractivity contribution in [2.75, 3.05) is 11.9 Å². The number of amides is 2. The topological polar surface area (TPSA) is 49.4 Å². The molecule has 1 aromatic carbocycles. The van der Waals surface area contributed by atoms with Crippen molar-refractivity contribution >= 4 is 17.5 Å². The zero-order valence-electron chi connectivity index (χ0n) is 12.4. The van der Waals surface area contributed by atoms with Crippen LogP contribution in [-0.4, -0.2) is 29.3 Å². The van der Waals surface area contributed by atoms with Gasteiger partial charge in [-0.05, 0) is 56.4 Å². The summed E-state index contributed by atoms with van der Waals surface area (Å²) in [7, 11) is 0. The van der Waals surface area contributed by atoms with Gasteiger partial charge in [0.05, 0.1) is 0 Å². The van der Waals surface area contributed by atoms with Gasteiger partial charge in [-0.15, -0.1) is 0 Å². The Kier molecular flexibility index (Phi) is 4.42. The predicted molar refractivity (Wildman–Crippen MR) is 79.6 cm³/mol. The normalized spacial score (nSPS) is 18.8. The molecule has 2 amide bonds. The third-order valence-electron chi connectivity index (χ3n) is 3.70.